The second kappa shape index (κ2) is 17.9. The summed E-state index contributed by atoms with van der Waals surface area (Å²) >= 11 is 0. The molecule has 0 spiro atoms. The highest BCUT2D eigenvalue weighted by Gasteiger charge is 2.30. The normalized spacial score (nSPS) is 12.4. The number of aryl methyl sites for hydroxylation is 1. The van der Waals surface area contributed by atoms with E-state index in [-0.39, 0.29) is 5.82 Å². The number of hydrogen-bond acceptors (Lipinski definition) is 7. The van der Waals surface area contributed by atoms with Crippen molar-refractivity contribution in [1.82, 2.24) is 15.3 Å². The summed E-state index contributed by atoms with van der Waals surface area (Å²) in [4.78, 5) is 17.1. The molecule has 0 amide bonds. The van der Waals surface area contributed by atoms with Crippen molar-refractivity contribution in [1.29, 1.82) is 0 Å². The van der Waals surface area contributed by atoms with Crippen LogP contribution in [-0.4, -0.2) is 43.9 Å². The maximum Gasteiger partial charge on any atom is 0.229 e. The van der Waals surface area contributed by atoms with Gasteiger partial charge in [-0.05, 0) is 86.5 Å². The van der Waals surface area contributed by atoms with Crippen molar-refractivity contribution in [3.05, 3.63) is 60.0 Å². The minimum absolute atomic E-state index is 0.312. The number of anilines is 4. The Hall–Kier alpha value is -3.52. The molecule has 2 aromatic carbocycles. The smallest absolute Gasteiger partial charge is 0.229 e. The number of benzene rings is 2. The lowest BCUT2D eigenvalue weighted by atomic mass is 10.1. The van der Waals surface area contributed by atoms with Crippen LogP contribution in [-0.2, 0) is 4.79 Å². The van der Waals surface area contributed by atoms with Crippen LogP contribution < -0.4 is 21.3 Å². The molecule has 1 aliphatic carbocycles. The van der Waals surface area contributed by atoms with Crippen LogP contribution in [0.25, 0.3) is 11.1 Å². The van der Waals surface area contributed by atoms with Crippen molar-refractivity contribution in [3.63, 3.8) is 0 Å². The molecule has 0 unspecified atom stereocenters. The predicted octanol–water partition coefficient (Wildman–Crippen LogP) is 7.68. The third-order valence-corrected chi connectivity index (χ3v) is 5.76. The van der Waals surface area contributed by atoms with Gasteiger partial charge in [0.2, 0.25) is 5.95 Å². The molecule has 40 heavy (non-hydrogen) atoms. The summed E-state index contributed by atoms with van der Waals surface area (Å²) in [6.07, 6.45) is 5.56. The van der Waals surface area contributed by atoms with Crippen molar-refractivity contribution in [2.45, 2.75) is 60.8 Å². The molecule has 3 aromatic rings. The van der Waals surface area contributed by atoms with E-state index in [9.17, 15) is 4.39 Å². The van der Waals surface area contributed by atoms with Gasteiger partial charge < -0.3 is 26.1 Å². The van der Waals surface area contributed by atoms with Crippen molar-refractivity contribution < 1.29 is 9.18 Å². The molecule has 0 radical (unpaired) electrons. The Morgan fingerprint density at radius 2 is 1.68 bits per heavy atom. The molecule has 220 valence electrons. The topological polar surface area (TPSA) is 91.0 Å². The summed E-state index contributed by atoms with van der Waals surface area (Å²) in [7, 11) is 3.62. The van der Waals surface area contributed by atoms with Crippen LogP contribution >= 0.6 is 0 Å². The SMILES string of the molecule is C=O.CC(C)C.CC1(C)CC1.CNCCCNc1nc(Nc2cccc(C)c2)ncc1-c1ccc(NC)c(F)c1. The van der Waals surface area contributed by atoms with E-state index in [0.717, 1.165) is 53.2 Å². The Labute approximate surface area is 240 Å². The summed E-state index contributed by atoms with van der Waals surface area (Å²) in [5.41, 5.74) is 4.75. The Kier molecular flexibility index (Phi) is 15.5. The highest BCUT2D eigenvalue weighted by atomic mass is 19.1. The van der Waals surface area contributed by atoms with Crippen LogP contribution in [0, 0.1) is 24.1 Å². The molecular formula is C32H49FN6O. The van der Waals surface area contributed by atoms with Gasteiger partial charge >= 0.3 is 0 Å². The van der Waals surface area contributed by atoms with E-state index < -0.39 is 0 Å². The minimum Gasteiger partial charge on any atom is -0.386 e. The molecule has 0 bridgehead atoms. The summed E-state index contributed by atoms with van der Waals surface area (Å²) in [6.45, 7) is 16.8. The molecular weight excluding hydrogens is 503 g/mol. The van der Waals surface area contributed by atoms with E-state index in [1.54, 1.807) is 19.3 Å². The number of aromatic nitrogens is 2. The summed E-state index contributed by atoms with van der Waals surface area (Å²) in [6, 6.07) is 13.1. The van der Waals surface area contributed by atoms with Gasteiger partial charge in [0.25, 0.3) is 0 Å². The molecule has 4 rings (SSSR count). The fraction of sp³-hybridized carbons (Fsp3) is 0.469. The average molecular weight is 553 g/mol. The standard InChI is InChI=1S/C22H27FN6.C5H10.C4H10.CH2O/c1-15-6-4-7-17(12-15)28-22-27-14-18(21(29-22)26-11-5-10-24-2)16-8-9-20(25-3)19(23)13-16;1-5(2)3-4-5;1-4(2)3;1-2/h4,6-9,12-14,24-25H,5,10-11H2,1-3H3,(H2,26,27,28,29);3-4H2,1-2H3;4H,1-3H3;1H2. The molecule has 1 saturated carbocycles. The van der Waals surface area contributed by atoms with E-state index in [0.29, 0.717) is 17.5 Å². The molecule has 1 heterocycles. The Balaban J connectivity index is 0.000000614. The minimum atomic E-state index is -0.312. The molecule has 0 aliphatic heterocycles. The number of hydrogen-bond donors (Lipinski definition) is 4. The summed E-state index contributed by atoms with van der Waals surface area (Å²) < 4.78 is 14.3. The molecule has 1 aromatic heterocycles. The van der Waals surface area contributed by atoms with Crippen molar-refractivity contribution in [2.75, 3.05) is 43.1 Å². The van der Waals surface area contributed by atoms with Gasteiger partial charge in [0.15, 0.2) is 0 Å². The molecule has 4 N–H and O–H groups in total. The molecule has 0 atom stereocenters. The largest absolute Gasteiger partial charge is 0.386 e. The highest BCUT2D eigenvalue weighted by Crippen LogP contribution is 2.43. The zero-order valence-electron chi connectivity index (χ0n) is 25.6. The van der Waals surface area contributed by atoms with E-state index in [2.05, 4.69) is 65.9 Å². The van der Waals surface area contributed by atoms with Crippen LogP contribution in [0.3, 0.4) is 0 Å². The van der Waals surface area contributed by atoms with E-state index in [4.69, 9.17) is 4.79 Å². The monoisotopic (exact) mass is 552 g/mol. The van der Waals surface area contributed by atoms with Crippen molar-refractivity contribution in [3.8, 4) is 11.1 Å². The average Bonchev–Trinajstić information content (AvgIpc) is 3.62. The first kappa shape index (κ1) is 34.5. The Morgan fingerprint density at radius 1 is 1.02 bits per heavy atom. The Morgan fingerprint density at radius 3 is 2.20 bits per heavy atom. The maximum absolute atomic E-state index is 14.3. The molecule has 8 heteroatoms. The van der Waals surface area contributed by atoms with E-state index >= 15 is 0 Å². The number of rotatable bonds is 9. The van der Waals surface area contributed by atoms with Gasteiger partial charge in [0.05, 0.1) is 5.69 Å². The third-order valence-electron chi connectivity index (χ3n) is 5.76. The quantitative estimate of drug-likeness (QED) is 0.202. The maximum atomic E-state index is 14.3. The highest BCUT2D eigenvalue weighted by molar-refractivity contribution is 5.77. The van der Waals surface area contributed by atoms with Gasteiger partial charge in [-0.15, -0.1) is 0 Å². The predicted molar refractivity (Wildman–Crippen MR) is 169 cm³/mol. The third kappa shape index (κ3) is 13.5. The van der Waals surface area contributed by atoms with Crippen molar-refractivity contribution in [2.24, 2.45) is 11.3 Å². The van der Waals surface area contributed by atoms with Crippen LogP contribution in [0.4, 0.5) is 27.5 Å². The zero-order chi connectivity index (χ0) is 30.1. The second-order valence-corrected chi connectivity index (χ2v) is 11.2. The first-order chi connectivity index (χ1) is 19.0. The van der Waals surface area contributed by atoms with Crippen LogP contribution in [0.2, 0.25) is 0 Å². The van der Waals surface area contributed by atoms with Crippen LogP contribution in [0.15, 0.2) is 48.7 Å². The number of halogens is 1. The number of carbonyl (C=O) groups is 1. The van der Waals surface area contributed by atoms with Gasteiger partial charge in [-0.2, -0.15) is 4.98 Å². The molecule has 0 saturated heterocycles. The number of nitrogens with one attached hydrogen (secondary N) is 4. The van der Waals surface area contributed by atoms with Gasteiger partial charge in [-0.25, -0.2) is 9.37 Å². The number of carbonyl (C=O) groups excluding carboxylic acids is 1. The first-order valence-corrected chi connectivity index (χ1v) is 13.9. The summed E-state index contributed by atoms with van der Waals surface area (Å²) in [5, 5.41) is 12.6. The first-order valence-electron chi connectivity index (χ1n) is 13.9. The van der Waals surface area contributed by atoms with E-state index in [1.807, 2.05) is 51.1 Å². The van der Waals surface area contributed by atoms with Gasteiger partial charge in [0.1, 0.15) is 18.4 Å². The molecule has 1 fully saturated rings. The lowest BCUT2D eigenvalue weighted by Gasteiger charge is -2.14. The number of nitrogens with zero attached hydrogens (tertiary/aromatic N) is 2. The van der Waals surface area contributed by atoms with Gasteiger partial charge in [-0.1, -0.05) is 52.8 Å². The fourth-order valence-corrected chi connectivity index (χ4v) is 3.25. The zero-order valence-corrected chi connectivity index (χ0v) is 25.6. The van der Waals surface area contributed by atoms with Crippen LogP contribution in [0.5, 0.6) is 0 Å². The molecule has 7 nitrogen and oxygen atoms in total. The Bertz CT molecular complexity index is 1140. The lowest BCUT2D eigenvalue weighted by Crippen LogP contribution is -2.14. The van der Waals surface area contributed by atoms with Gasteiger partial charge in [-0.3, -0.25) is 0 Å². The van der Waals surface area contributed by atoms with Gasteiger partial charge in [0, 0.05) is 31.0 Å². The lowest BCUT2D eigenvalue weighted by molar-refractivity contribution is -0.0980. The van der Waals surface area contributed by atoms with E-state index in [1.165, 1.54) is 18.9 Å². The van der Waals surface area contributed by atoms with Crippen LogP contribution in [0.1, 0.15) is 59.4 Å². The molecule has 1 aliphatic rings. The summed E-state index contributed by atoms with van der Waals surface area (Å²) in [5.74, 6) is 1.68. The van der Waals surface area contributed by atoms with Crippen molar-refractivity contribution >= 4 is 29.9 Å². The second-order valence-electron chi connectivity index (χ2n) is 11.2. The fourth-order valence-electron chi connectivity index (χ4n) is 3.25.